The molecule has 0 aromatic carbocycles. The molecule has 0 spiro atoms. The Hall–Kier alpha value is -0.940. The number of hydrogen-bond acceptors (Lipinski definition) is 4. The van der Waals surface area contributed by atoms with Gasteiger partial charge >= 0.3 is 0 Å². The lowest BCUT2D eigenvalue weighted by molar-refractivity contribution is -0.120. The molecule has 5 heteroatoms. The predicted octanol–water partition coefficient (Wildman–Crippen LogP) is 1.70. The van der Waals surface area contributed by atoms with E-state index < -0.39 is 9.84 Å². The molecule has 0 aliphatic rings. The van der Waals surface area contributed by atoms with Crippen LogP contribution in [-0.4, -0.2) is 33.5 Å². The van der Waals surface area contributed by atoms with E-state index in [4.69, 9.17) is 0 Å². The van der Waals surface area contributed by atoms with Gasteiger partial charge in [-0.05, 0) is 26.0 Å². The average molecular weight is 273 g/mol. The van der Waals surface area contributed by atoms with Gasteiger partial charge in [-0.2, -0.15) is 0 Å². The van der Waals surface area contributed by atoms with E-state index >= 15 is 0 Å². The maximum atomic E-state index is 11.7. The monoisotopic (exact) mass is 273 g/mol. The van der Waals surface area contributed by atoms with Gasteiger partial charge < -0.3 is 5.32 Å². The molecule has 0 aromatic rings. The highest BCUT2D eigenvalue weighted by Gasteiger charge is 2.11. The van der Waals surface area contributed by atoms with E-state index in [1.54, 1.807) is 19.9 Å². The van der Waals surface area contributed by atoms with Gasteiger partial charge in [0.05, 0.1) is 11.4 Å². The molecule has 0 radical (unpaired) electrons. The molecule has 0 aromatic heterocycles. The summed E-state index contributed by atoms with van der Waals surface area (Å²) in [5.74, 6) is -0.227. The minimum absolute atomic E-state index is 0.0589. The molecule has 0 saturated heterocycles. The van der Waals surface area contributed by atoms with E-state index in [1.807, 2.05) is 6.92 Å². The van der Waals surface area contributed by atoms with Crippen molar-refractivity contribution in [3.63, 3.8) is 0 Å². The first-order chi connectivity index (χ1) is 8.32. The average Bonchev–Trinajstić information content (AvgIpc) is 2.27. The van der Waals surface area contributed by atoms with Crippen LogP contribution in [0.5, 0.6) is 0 Å². The highest BCUT2D eigenvalue weighted by molar-refractivity contribution is 7.94. The number of rotatable bonds is 8. The molecule has 1 unspecified atom stereocenters. The highest BCUT2D eigenvalue weighted by Crippen LogP contribution is 2.09. The molecule has 1 N–H and O–H groups in total. The lowest BCUT2D eigenvalue weighted by Crippen LogP contribution is -2.27. The van der Waals surface area contributed by atoms with Crippen molar-refractivity contribution < 1.29 is 13.2 Å². The van der Waals surface area contributed by atoms with Gasteiger partial charge in [-0.3, -0.25) is 4.79 Å². The highest BCUT2D eigenvalue weighted by atomic mass is 32.2. The van der Waals surface area contributed by atoms with E-state index in [2.05, 4.69) is 5.32 Å². The summed E-state index contributed by atoms with van der Waals surface area (Å²) in [6.45, 7) is 6.60. The van der Waals surface area contributed by atoms with Crippen LogP contribution in [0.1, 0.15) is 27.2 Å². The Morgan fingerprint density at radius 1 is 1.39 bits per heavy atom. The predicted molar refractivity (Wildman–Crippen MR) is 75.1 cm³/mol. The van der Waals surface area contributed by atoms with Crippen molar-refractivity contribution in [3.05, 3.63) is 23.1 Å². The van der Waals surface area contributed by atoms with Gasteiger partial charge in [0.15, 0.2) is 15.6 Å². The normalized spacial score (nSPS) is 15.0. The Labute approximate surface area is 110 Å². The number of Topliss-reactive ketones (excluding diaryl/α,β-unsaturated/α-hetero) is 1. The standard InChI is InChI=1S/C13H23NO3S/c1-5-9-14-10-13(15)11(3)7-8-12(6-2)18(4,16)17/h6-8,11,14H,5,9-10H2,1-4H3/b8-7-,12-6+. The van der Waals surface area contributed by atoms with Crippen LogP contribution < -0.4 is 5.32 Å². The Balaban J connectivity index is 4.47. The van der Waals surface area contributed by atoms with Gasteiger partial charge in [0, 0.05) is 12.2 Å². The number of hydrogen-bond donors (Lipinski definition) is 1. The summed E-state index contributed by atoms with van der Waals surface area (Å²) in [7, 11) is -3.21. The maximum Gasteiger partial charge on any atom is 0.175 e. The van der Waals surface area contributed by atoms with Crippen LogP contribution >= 0.6 is 0 Å². The lowest BCUT2D eigenvalue weighted by Gasteiger charge is -2.06. The first kappa shape index (κ1) is 17.1. The Morgan fingerprint density at radius 3 is 2.44 bits per heavy atom. The smallest absolute Gasteiger partial charge is 0.175 e. The number of carbonyl (C=O) groups is 1. The summed E-state index contributed by atoms with van der Waals surface area (Å²) >= 11 is 0. The molecule has 4 nitrogen and oxygen atoms in total. The minimum atomic E-state index is -3.21. The Kier molecular flexibility index (Phi) is 7.78. The lowest BCUT2D eigenvalue weighted by atomic mass is 10.1. The van der Waals surface area contributed by atoms with Crippen LogP contribution in [0.25, 0.3) is 0 Å². The molecule has 0 saturated carbocycles. The second-order valence-electron chi connectivity index (χ2n) is 4.25. The quantitative estimate of drug-likeness (QED) is 0.540. The maximum absolute atomic E-state index is 11.7. The number of nitrogens with one attached hydrogen (secondary N) is 1. The summed E-state index contributed by atoms with van der Waals surface area (Å²) < 4.78 is 22.7. The topological polar surface area (TPSA) is 63.2 Å². The first-order valence-electron chi connectivity index (χ1n) is 6.10. The summed E-state index contributed by atoms with van der Waals surface area (Å²) in [4.78, 5) is 11.9. The molecule has 0 rings (SSSR count). The zero-order valence-corrected chi connectivity index (χ0v) is 12.4. The Morgan fingerprint density at radius 2 is 2.00 bits per heavy atom. The number of ketones is 1. The zero-order valence-electron chi connectivity index (χ0n) is 11.6. The minimum Gasteiger partial charge on any atom is -0.310 e. The first-order valence-corrected chi connectivity index (χ1v) is 8.00. The van der Waals surface area contributed by atoms with Gasteiger partial charge in [-0.1, -0.05) is 26.0 Å². The fraction of sp³-hybridized carbons (Fsp3) is 0.615. The molecule has 104 valence electrons. The second kappa shape index (κ2) is 8.21. The fourth-order valence-electron chi connectivity index (χ4n) is 1.33. The van der Waals surface area contributed by atoms with E-state index in [1.165, 1.54) is 12.2 Å². The second-order valence-corrected chi connectivity index (χ2v) is 6.27. The van der Waals surface area contributed by atoms with Crippen molar-refractivity contribution in [2.75, 3.05) is 19.3 Å². The van der Waals surface area contributed by atoms with Gasteiger partial charge in [-0.15, -0.1) is 0 Å². The molecule has 0 aliphatic heterocycles. The van der Waals surface area contributed by atoms with Crippen molar-refractivity contribution in [1.29, 1.82) is 0 Å². The van der Waals surface area contributed by atoms with Gasteiger partial charge in [-0.25, -0.2) is 8.42 Å². The van der Waals surface area contributed by atoms with Crippen molar-refractivity contribution in [1.82, 2.24) is 5.32 Å². The van der Waals surface area contributed by atoms with Crippen molar-refractivity contribution in [3.8, 4) is 0 Å². The molecule has 0 bridgehead atoms. The van der Waals surface area contributed by atoms with Crippen LogP contribution in [0.4, 0.5) is 0 Å². The van der Waals surface area contributed by atoms with Crippen LogP contribution in [0.15, 0.2) is 23.1 Å². The third kappa shape index (κ3) is 6.71. The Bertz CT molecular complexity index is 422. The van der Waals surface area contributed by atoms with Crippen LogP contribution in [-0.2, 0) is 14.6 Å². The number of allylic oxidation sites excluding steroid dienone is 3. The van der Waals surface area contributed by atoms with Crippen molar-refractivity contribution in [2.24, 2.45) is 5.92 Å². The molecule has 0 aliphatic carbocycles. The van der Waals surface area contributed by atoms with Gasteiger partial charge in [0.25, 0.3) is 0 Å². The number of carbonyl (C=O) groups excluding carboxylic acids is 1. The van der Waals surface area contributed by atoms with Crippen LogP contribution in [0, 0.1) is 5.92 Å². The van der Waals surface area contributed by atoms with Gasteiger partial charge in [0.1, 0.15) is 0 Å². The SMILES string of the molecule is C/C=C(\C=C/C(C)C(=O)CNCCC)S(C)(=O)=O. The van der Waals surface area contributed by atoms with E-state index in [-0.39, 0.29) is 16.6 Å². The zero-order chi connectivity index (χ0) is 14.2. The third-order valence-corrected chi connectivity index (χ3v) is 3.72. The van der Waals surface area contributed by atoms with Crippen molar-refractivity contribution in [2.45, 2.75) is 27.2 Å². The summed E-state index contributed by atoms with van der Waals surface area (Å²) in [6.07, 6.45) is 6.79. The fourth-order valence-corrected chi connectivity index (χ4v) is 2.08. The summed E-state index contributed by atoms with van der Waals surface area (Å²) in [6, 6.07) is 0. The van der Waals surface area contributed by atoms with Crippen LogP contribution in [0.3, 0.4) is 0 Å². The molecular formula is C13H23NO3S. The summed E-state index contributed by atoms with van der Waals surface area (Å²) in [5.41, 5.74) is 0. The molecule has 18 heavy (non-hydrogen) atoms. The largest absolute Gasteiger partial charge is 0.310 e. The van der Waals surface area contributed by atoms with E-state index in [9.17, 15) is 13.2 Å². The molecule has 0 fully saturated rings. The van der Waals surface area contributed by atoms with E-state index in [0.717, 1.165) is 19.2 Å². The van der Waals surface area contributed by atoms with Gasteiger partial charge in [0.2, 0.25) is 0 Å². The van der Waals surface area contributed by atoms with Crippen LogP contribution in [0.2, 0.25) is 0 Å². The number of sulfone groups is 1. The van der Waals surface area contributed by atoms with E-state index in [0.29, 0.717) is 6.54 Å². The van der Waals surface area contributed by atoms with Crippen molar-refractivity contribution >= 4 is 15.6 Å². The molecule has 0 heterocycles. The molecule has 1 atom stereocenters. The molecule has 0 amide bonds. The summed E-state index contributed by atoms with van der Waals surface area (Å²) in [5, 5.41) is 3.03. The molecular weight excluding hydrogens is 250 g/mol. The third-order valence-electron chi connectivity index (χ3n) is 2.50.